The number of pyridine rings is 1. The highest BCUT2D eigenvalue weighted by Crippen LogP contribution is 2.28. The van der Waals surface area contributed by atoms with E-state index >= 15 is 0 Å². The van der Waals surface area contributed by atoms with Crippen LogP contribution >= 0.6 is 23.8 Å². The first-order valence-electron chi connectivity index (χ1n) is 6.35. The normalized spacial score (nSPS) is 10.5. The molecule has 0 aliphatic carbocycles. The van der Waals surface area contributed by atoms with Gasteiger partial charge in [0.2, 0.25) is 0 Å². The Labute approximate surface area is 132 Å². The molecule has 21 heavy (non-hydrogen) atoms. The maximum Gasteiger partial charge on any atom is 0.106 e. The minimum Gasteiger partial charge on any atom is -0.389 e. The van der Waals surface area contributed by atoms with Crippen molar-refractivity contribution < 1.29 is 0 Å². The molecule has 3 rings (SSSR count). The van der Waals surface area contributed by atoms with Crippen molar-refractivity contribution in [3.8, 4) is 0 Å². The van der Waals surface area contributed by atoms with E-state index < -0.39 is 0 Å². The Kier molecular flexibility index (Phi) is 3.73. The number of aromatic nitrogens is 1. The van der Waals surface area contributed by atoms with Gasteiger partial charge in [-0.05, 0) is 42.5 Å². The van der Waals surface area contributed by atoms with E-state index in [1.165, 1.54) is 0 Å². The second kappa shape index (κ2) is 5.68. The van der Waals surface area contributed by atoms with Crippen molar-refractivity contribution in [1.82, 2.24) is 4.98 Å². The number of hydrogen-bond acceptors (Lipinski definition) is 3. The molecule has 0 aliphatic heterocycles. The lowest BCUT2D eigenvalue weighted by molar-refractivity contribution is 1.41. The first kappa shape index (κ1) is 13.8. The zero-order valence-electron chi connectivity index (χ0n) is 11.0. The van der Waals surface area contributed by atoms with Gasteiger partial charge in [-0.15, -0.1) is 0 Å². The lowest BCUT2D eigenvalue weighted by Crippen LogP contribution is -2.12. The number of thiocarbonyl (C=S) groups is 1. The molecule has 0 amide bonds. The van der Waals surface area contributed by atoms with Crippen LogP contribution in [-0.4, -0.2) is 9.97 Å². The molecule has 5 heteroatoms. The van der Waals surface area contributed by atoms with Crippen molar-refractivity contribution in [3.63, 3.8) is 0 Å². The Balaban J connectivity index is 2.09. The average Bonchev–Trinajstić information content (AvgIpc) is 2.49. The van der Waals surface area contributed by atoms with Gasteiger partial charge < -0.3 is 11.1 Å². The van der Waals surface area contributed by atoms with Gasteiger partial charge in [0.15, 0.2) is 0 Å². The standard InChI is InChI=1S/C16H12ClN3S/c17-10-6-7-15(12(9-10)16(18)21)20-14-5-1-4-13-11(14)3-2-8-19-13/h1-9,20H,(H2,18,21). The van der Waals surface area contributed by atoms with Crippen LogP contribution in [0.2, 0.25) is 5.02 Å². The summed E-state index contributed by atoms with van der Waals surface area (Å²) in [5.74, 6) is 0. The number of anilines is 2. The summed E-state index contributed by atoms with van der Waals surface area (Å²) in [6.45, 7) is 0. The maximum absolute atomic E-state index is 6.01. The molecule has 1 aromatic heterocycles. The van der Waals surface area contributed by atoms with Crippen LogP contribution in [0.25, 0.3) is 10.9 Å². The van der Waals surface area contributed by atoms with Crippen molar-refractivity contribution >= 4 is 51.1 Å². The summed E-state index contributed by atoms with van der Waals surface area (Å²) in [5, 5.41) is 4.99. The van der Waals surface area contributed by atoms with Crippen LogP contribution in [0.15, 0.2) is 54.7 Å². The van der Waals surface area contributed by atoms with E-state index in [-0.39, 0.29) is 0 Å². The zero-order valence-corrected chi connectivity index (χ0v) is 12.6. The number of benzene rings is 2. The van der Waals surface area contributed by atoms with Crippen LogP contribution in [0.4, 0.5) is 11.4 Å². The van der Waals surface area contributed by atoms with Gasteiger partial charge in [0, 0.05) is 33.5 Å². The summed E-state index contributed by atoms with van der Waals surface area (Å²) < 4.78 is 0. The Bertz CT molecular complexity index is 827. The van der Waals surface area contributed by atoms with Crippen LogP contribution in [0.1, 0.15) is 5.56 Å². The van der Waals surface area contributed by atoms with E-state index in [1.54, 1.807) is 18.3 Å². The van der Waals surface area contributed by atoms with Crippen LogP contribution in [0.5, 0.6) is 0 Å². The fraction of sp³-hybridized carbons (Fsp3) is 0. The maximum atomic E-state index is 6.01. The fourth-order valence-electron chi connectivity index (χ4n) is 2.19. The van der Waals surface area contributed by atoms with Crippen molar-refractivity contribution in [2.75, 3.05) is 5.32 Å². The number of rotatable bonds is 3. The van der Waals surface area contributed by atoms with E-state index in [1.807, 2.05) is 36.4 Å². The summed E-state index contributed by atoms with van der Waals surface area (Å²) >= 11 is 11.1. The number of hydrogen-bond donors (Lipinski definition) is 2. The Morgan fingerprint density at radius 3 is 2.76 bits per heavy atom. The third-order valence-corrected chi connectivity index (χ3v) is 3.62. The van der Waals surface area contributed by atoms with Gasteiger partial charge in [0.1, 0.15) is 4.99 Å². The van der Waals surface area contributed by atoms with Gasteiger partial charge in [-0.1, -0.05) is 29.9 Å². The number of halogens is 1. The summed E-state index contributed by atoms with van der Waals surface area (Å²) in [5.41, 5.74) is 9.18. The molecule has 0 saturated heterocycles. The Hall–Kier alpha value is -2.17. The first-order valence-corrected chi connectivity index (χ1v) is 7.14. The number of fused-ring (bicyclic) bond motifs is 1. The summed E-state index contributed by atoms with van der Waals surface area (Å²) in [6, 6.07) is 15.3. The topological polar surface area (TPSA) is 50.9 Å². The highest BCUT2D eigenvalue weighted by Gasteiger charge is 2.08. The zero-order chi connectivity index (χ0) is 14.8. The first-order chi connectivity index (χ1) is 10.1. The lowest BCUT2D eigenvalue weighted by Gasteiger charge is -2.13. The predicted octanol–water partition coefficient (Wildman–Crippen LogP) is 4.27. The van der Waals surface area contributed by atoms with E-state index in [9.17, 15) is 0 Å². The van der Waals surface area contributed by atoms with Crippen molar-refractivity contribution in [3.05, 3.63) is 65.3 Å². The molecule has 3 nitrogen and oxygen atoms in total. The van der Waals surface area contributed by atoms with Gasteiger partial charge in [-0.3, -0.25) is 4.98 Å². The molecule has 0 saturated carbocycles. The van der Waals surface area contributed by atoms with Gasteiger partial charge in [-0.2, -0.15) is 0 Å². The van der Waals surface area contributed by atoms with Gasteiger partial charge in [0.05, 0.1) is 5.52 Å². The molecule has 104 valence electrons. The SMILES string of the molecule is NC(=S)c1cc(Cl)ccc1Nc1cccc2ncccc12. The minimum atomic E-state index is 0.304. The van der Waals surface area contributed by atoms with E-state index in [4.69, 9.17) is 29.6 Å². The quantitative estimate of drug-likeness (QED) is 0.709. The van der Waals surface area contributed by atoms with Gasteiger partial charge >= 0.3 is 0 Å². The largest absolute Gasteiger partial charge is 0.389 e. The molecular formula is C16H12ClN3S. The highest BCUT2D eigenvalue weighted by molar-refractivity contribution is 7.80. The van der Waals surface area contributed by atoms with Crippen molar-refractivity contribution in [1.29, 1.82) is 0 Å². The highest BCUT2D eigenvalue weighted by atomic mass is 35.5. The lowest BCUT2D eigenvalue weighted by atomic mass is 10.1. The predicted molar refractivity (Wildman–Crippen MR) is 92.4 cm³/mol. The molecule has 0 unspecified atom stereocenters. The number of nitrogens with one attached hydrogen (secondary N) is 1. The Morgan fingerprint density at radius 2 is 1.95 bits per heavy atom. The number of nitrogens with zero attached hydrogens (tertiary/aromatic N) is 1. The molecule has 0 spiro atoms. The minimum absolute atomic E-state index is 0.304. The third-order valence-electron chi connectivity index (χ3n) is 3.16. The number of nitrogens with two attached hydrogens (primary N) is 1. The molecule has 3 aromatic rings. The van der Waals surface area contributed by atoms with Crippen LogP contribution in [0, 0.1) is 0 Å². The van der Waals surface area contributed by atoms with Gasteiger partial charge in [0.25, 0.3) is 0 Å². The molecular weight excluding hydrogens is 302 g/mol. The Morgan fingerprint density at radius 1 is 1.10 bits per heavy atom. The summed E-state index contributed by atoms with van der Waals surface area (Å²) in [6.07, 6.45) is 1.77. The molecule has 1 heterocycles. The van der Waals surface area contributed by atoms with E-state index in [0.29, 0.717) is 10.0 Å². The second-order valence-electron chi connectivity index (χ2n) is 4.55. The van der Waals surface area contributed by atoms with Crippen molar-refractivity contribution in [2.24, 2.45) is 5.73 Å². The average molecular weight is 314 g/mol. The summed E-state index contributed by atoms with van der Waals surface area (Å²) in [4.78, 5) is 4.65. The van der Waals surface area contributed by atoms with Crippen molar-refractivity contribution in [2.45, 2.75) is 0 Å². The van der Waals surface area contributed by atoms with Crippen LogP contribution in [0.3, 0.4) is 0 Å². The molecule has 3 N–H and O–H groups in total. The molecule has 0 atom stereocenters. The fourth-order valence-corrected chi connectivity index (χ4v) is 2.53. The van der Waals surface area contributed by atoms with E-state index in [0.717, 1.165) is 27.8 Å². The van der Waals surface area contributed by atoms with Gasteiger partial charge in [-0.25, -0.2) is 0 Å². The smallest absolute Gasteiger partial charge is 0.106 e. The third kappa shape index (κ3) is 2.82. The van der Waals surface area contributed by atoms with Crippen LogP contribution < -0.4 is 11.1 Å². The molecule has 0 bridgehead atoms. The molecule has 2 aromatic carbocycles. The second-order valence-corrected chi connectivity index (χ2v) is 5.43. The molecule has 0 fully saturated rings. The monoisotopic (exact) mass is 313 g/mol. The molecule has 0 aliphatic rings. The van der Waals surface area contributed by atoms with E-state index in [2.05, 4.69) is 10.3 Å². The molecule has 0 radical (unpaired) electrons. The summed E-state index contributed by atoms with van der Waals surface area (Å²) in [7, 11) is 0. The van der Waals surface area contributed by atoms with Crippen LogP contribution in [-0.2, 0) is 0 Å².